The molecule has 4 rings (SSSR count). The average molecular weight is 445 g/mol. The quantitative estimate of drug-likeness (QED) is 0.597. The van der Waals surface area contributed by atoms with E-state index in [9.17, 15) is 13.2 Å². The van der Waals surface area contributed by atoms with Crippen molar-refractivity contribution in [1.29, 1.82) is 0 Å². The van der Waals surface area contributed by atoms with Crippen LogP contribution in [0.25, 0.3) is 5.82 Å². The fourth-order valence-corrected chi connectivity index (χ4v) is 5.75. The number of aromatic nitrogens is 4. The van der Waals surface area contributed by atoms with E-state index in [0.29, 0.717) is 24.3 Å². The van der Waals surface area contributed by atoms with Crippen LogP contribution in [0.1, 0.15) is 43.0 Å². The molecule has 3 heterocycles. The number of hydrogen-bond acceptors (Lipinski definition) is 7. The van der Waals surface area contributed by atoms with E-state index in [1.54, 1.807) is 31.5 Å². The molecule has 164 valence electrons. The average Bonchev–Trinajstić information content (AvgIpc) is 3.43. The van der Waals surface area contributed by atoms with Gasteiger partial charge in [-0.25, -0.2) is 18.4 Å². The third-order valence-electron chi connectivity index (χ3n) is 5.54. The minimum Gasteiger partial charge on any atom is -0.360 e. The van der Waals surface area contributed by atoms with Crippen LogP contribution in [0.15, 0.2) is 40.1 Å². The van der Waals surface area contributed by atoms with Crippen LogP contribution in [-0.4, -0.2) is 39.6 Å². The van der Waals surface area contributed by atoms with Crippen LogP contribution in [0.4, 0.5) is 5.69 Å². The van der Waals surface area contributed by atoms with Gasteiger partial charge in [-0.2, -0.15) is 4.72 Å². The van der Waals surface area contributed by atoms with Crippen LogP contribution >= 0.6 is 0 Å². The first kappa shape index (κ1) is 21.2. The van der Waals surface area contributed by atoms with Gasteiger partial charge in [0.25, 0.3) is 0 Å². The molecule has 0 saturated heterocycles. The molecule has 1 aliphatic rings. The predicted octanol–water partition coefficient (Wildman–Crippen LogP) is 2.41. The van der Waals surface area contributed by atoms with Crippen LogP contribution in [-0.2, 0) is 14.8 Å². The molecular weight excluding hydrogens is 420 g/mol. The van der Waals surface area contributed by atoms with Gasteiger partial charge >= 0.3 is 0 Å². The molecule has 31 heavy (non-hydrogen) atoms. The summed E-state index contributed by atoms with van der Waals surface area (Å²) in [5, 5.41) is 6.53. The molecule has 3 aromatic rings. The number of nitrogens with one attached hydrogen (secondary N) is 2. The lowest BCUT2D eigenvalue weighted by atomic mass is 9.98. The molecule has 11 heteroatoms. The number of nitrogens with zero attached hydrogens (tertiary/aromatic N) is 4. The first-order valence-electron chi connectivity index (χ1n) is 9.96. The van der Waals surface area contributed by atoms with E-state index in [0.717, 1.165) is 18.7 Å². The molecule has 10 nitrogen and oxygen atoms in total. The van der Waals surface area contributed by atoms with E-state index < -0.39 is 21.5 Å². The SMILES string of the molecule is Cc1noc(C)c1S(=O)(=O)NC1(C(=O)Nc2ccc(-n3ccnc3C)nc2)CCCC1. The lowest BCUT2D eigenvalue weighted by Crippen LogP contribution is -2.55. The number of carbonyl (C=O) groups excluding carboxylic acids is 1. The number of hydrogen-bond donors (Lipinski definition) is 2. The monoisotopic (exact) mass is 444 g/mol. The van der Waals surface area contributed by atoms with Gasteiger partial charge in [0.1, 0.15) is 27.8 Å². The summed E-state index contributed by atoms with van der Waals surface area (Å²) >= 11 is 0. The Morgan fingerprint density at radius 2 is 1.90 bits per heavy atom. The van der Waals surface area contributed by atoms with Crippen LogP contribution < -0.4 is 10.0 Å². The summed E-state index contributed by atoms with van der Waals surface area (Å²) in [5.41, 5.74) is -0.503. The second kappa shape index (κ2) is 7.89. The fraction of sp³-hybridized carbons (Fsp3) is 0.400. The smallest absolute Gasteiger partial charge is 0.246 e. The van der Waals surface area contributed by atoms with Gasteiger partial charge in [0.15, 0.2) is 5.76 Å². The Labute approximate surface area is 180 Å². The van der Waals surface area contributed by atoms with Crippen LogP contribution in [0.5, 0.6) is 0 Å². The lowest BCUT2D eigenvalue weighted by molar-refractivity contribution is -0.121. The number of pyridine rings is 1. The Hall–Kier alpha value is -3.05. The van der Waals surface area contributed by atoms with Gasteiger partial charge < -0.3 is 9.84 Å². The van der Waals surface area contributed by atoms with E-state index in [4.69, 9.17) is 4.52 Å². The summed E-state index contributed by atoms with van der Waals surface area (Å²) in [7, 11) is -3.99. The van der Waals surface area contributed by atoms with Crippen molar-refractivity contribution in [1.82, 2.24) is 24.4 Å². The molecule has 1 amide bonds. The van der Waals surface area contributed by atoms with Gasteiger partial charge in [0, 0.05) is 12.4 Å². The van der Waals surface area contributed by atoms with Crippen LogP contribution in [0, 0.1) is 20.8 Å². The normalized spacial score (nSPS) is 15.8. The maximum atomic E-state index is 13.2. The van der Waals surface area contributed by atoms with Gasteiger partial charge in [0.2, 0.25) is 15.9 Å². The predicted molar refractivity (Wildman–Crippen MR) is 112 cm³/mol. The molecule has 1 aliphatic carbocycles. The summed E-state index contributed by atoms with van der Waals surface area (Å²) in [6.45, 7) is 4.96. The van der Waals surface area contributed by atoms with Gasteiger partial charge in [-0.1, -0.05) is 18.0 Å². The summed E-state index contributed by atoms with van der Waals surface area (Å²) in [6.07, 6.45) is 7.32. The first-order chi connectivity index (χ1) is 14.7. The molecular formula is C20H24N6O4S. The lowest BCUT2D eigenvalue weighted by Gasteiger charge is -2.28. The van der Waals surface area contributed by atoms with Gasteiger partial charge in [-0.05, 0) is 45.7 Å². The largest absolute Gasteiger partial charge is 0.360 e. The van der Waals surface area contributed by atoms with Crippen molar-refractivity contribution < 1.29 is 17.7 Å². The van der Waals surface area contributed by atoms with Crippen molar-refractivity contribution in [3.05, 3.63) is 48.0 Å². The first-order valence-corrected chi connectivity index (χ1v) is 11.4. The third kappa shape index (κ3) is 3.98. The zero-order valence-corrected chi connectivity index (χ0v) is 18.4. The zero-order chi connectivity index (χ0) is 22.2. The number of imidazole rings is 1. The highest BCUT2D eigenvalue weighted by Crippen LogP contribution is 2.33. The molecule has 0 aliphatic heterocycles. The summed E-state index contributed by atoms with van der Waals surface area (Å²) in [4.78, 5) is 21.7. The number of amides is 1. The van der Waals surface area contributed by atoms with E-state index in [2.05, 4.69) is 25.2 Å². The highest BCUT2D eigenvalue weighted by Gasteiger charge is 2.45. The number of carbonyl (C=O) groups is 1. The van der Waals surface area contributed by atoms with Gasteiger partial charge in [-0.15, -0.1) is 0 Å². The third-order valence-corrected chi connectivity index (χ3v) is 7.32. The van der Waals surface area contributed by atoms with E-state index in [1.807, 2.05) is 11.5 Å². The second-order valence-electron chi connectivity index (χ2n) is 7.75. The topological polar surface area (TPSA) is 132 Å². The molecule has 0 aromatic carbocycles. The van der Waals surface area contributed by atoms with Gasteiger partial charge in [-0.3, -0.25) is 9.36 Å². The number of rotatable bonds is 6. The molecule has 0 bridgehead atoms. The zero-order valence-electron chi connectivity index (χ0n) is 17.5. The van der Waals surface area contributed by atoms with Crippen LogP contribution in [0.3, 0.4) is 0 Å². The summed E-state index contributed by atoms with van der Waals surface area (Å²) < 4.78 is 35.6. The Bertz CT molecular complexity index is 1190. The molecule has 0 unspecified atom stereocenters. The van der Waals surface area contributed by atoms with Crippen molar-refractivity contribution in [2.24, 2.45) is 0 Å². The molecule has 0 radical (unpaired) electrons. The Kier molecular flexibility index (Phi) is 5.40. The minimum atomic E-state index is -3.99. The molecule has 1 saturated carbocycles. The molecule has 2 N–H and O–H groups in total. The number of sulfonamides is 1. The van der Waals surface area contributed by atoms with Crippen molar-refractivity contribution >= 4 is 21.6 Å². The second-order valence-corrected chi connectivity index (χ2v) is 9.37. The van der Waals surface area contributed by atoms with E-state index in [1.165, 1.54) is 13.1 Å². The number of anilines is 1. The number of aryl methyl sites for hydroxylation is 3. The van der Waals surface area contributed by atoms with E-state index in [-0.39, 0.29) is 16.3 Å². The molecule has 0 spiro atoms. The minimum absolute atomic E-state index is 0.0201. The standard InChI is InChI=1S/C20H24N6O4S/c1-13-18(14(2)30-24-13)31(28,29)25-20(8-4-5-9-20)19(27)23-16-6-7-17(22-12-16)26-11-10-21-15(26)3/h6-7,10-12,25H,4-5,8-9H2,1-3H3,(H,23,27). The Morgan fingerprint density at radius 3 is 2.45 bits per heavy atom. The molecule has 3 aromatic heterocycles. The fourth-order valence-electron chi connectivity index (χ4n) is 3.99. The van der Waals surface area contributed by atoms with Crippen molar-refractivity contribution in [2.75, 3.05) is 5.32 Å². The van der Waals surface area contributed by atoms with Crippen molar-refractivity contribution in [3.63, 3.8) is 0 Å². The molecule has 1 fully saturated rings. The summed E-state index contributed by atoms with van der Waals surface area (Å²) in [5.74, 6) is 1.24. The highest BCUT2D eigenvalue weighted by atomic mass is 32.2. The maximum Gasteiger partial charge on any atom is 0.246 e. The van der Waals surface area contributed by atoms with Crippen molar-refractivity contribution in [3.8, 4) is 5.82 Å². The van der Waals surface area contributed by atoms with E-state index >= 15 is 0 Å². The van der Waals surface area contributed by atoms with Crippen LogP contribution in [0.2, 0.25) is 0 Å². The highest BCUT2D eigenvalue weighted by molar-refractivity contribution is 7.89. The Balaban J connectivity index is 1.56. The van der Waals surface area contributed by atoms with Gasteiger partial charge in [0.05, 0.1) is 11.9 Å². The maximum absolute atomic E-state index is 13.2. The molecule has 0 atom stereocenters. The summed E-state index contributed by atoms with van der Waals surface area (Å²) in [6, 6.07) is 3.49. The Morgan fingerprint density at radius 1 is 1.16 bits per heavy atom. The van der Waals surface area contributed by atoms with Crippen molar-refractivity contribution in [2.45, 2.75) is 56.9 Å².